The van der Waals surface area contributed by atoms with Crippen LogP contribution >= 0.6 is 0 Å². The van der Waals surface area contributed by atoms with Crippen molar-refractivity contribution in [1.82, 2.24) is 4.90 Å². The summed E-state index contributed by atoms with van der Waals surface area (Å²) in [6, 6.07) is 7.08. The fourth-order valence-corrected chi connectivity index (χ4v) is 2.48. The topological polar surface area (TPSA) is 24.5 Å². The minimum absolute atomic E-state index is 0.257. The second-order valence-electron chi connectivity index (χ2n) is 5.25. The van der Waals surface area contributed by atoms with Crippen LogP contribution in [0.4, 0.5) is 18.9 Å². The number of para-hydroxylation sites is 2. The average molecular weight is 302 g/mol. The van der Waals surface area contributed by atoms with Gasteiger partial charge in [0.15, 0.2) is 6.61 Å². The van der Waals surface area contributed by atoms with Crippen molar-refractivity contribution in [2.45, 2.75) is 32.0 Å². The third-order valence-electron chi connectivity index (χ3n) is 3.67. The van der Waals surface area contributed by atoms with E-state index in [2.05, 4.69) is 17.1 Å². The van der Waals surface area contributed by atoms with Crippen LogP contribution in [0.15, 0.2) is 24.3 Å². The number of hydrogen-bond donors (Lipinski definition) is 1. The van der Waals surface area contributed by atoms with Crippen LogP contribution in [-0.4, -0.2) is 43.4 Å². The van der Waals surface area contributed by atoms with Crippen molar-refractivity contribution in [3.63, 3.8) is 0 Å². The Morgan fingerprint density at radius 1 is 1.24 bits per heavy atom. The van der Waals surface area contributed by atoms with E-state index in [-0.39, 0.29) is 11.8 Å². The van der Waals surface area contributed by atoms with Crippen molar-refractivity contribution in [2.75, 3.05) is 31.6 Å². The van der Waals surface area contributed by atoms with Crippen LogP contribution in [-0.2, 0) is 0 Å². The molecule has 1 aromatic rings. The molecule has 1 aromatic carbocycles. The Balaban J connectivity index is 1.94. The third-order valence-corrected chi connectivity index (χ3v) is 3.67. The minimum atomic E-state index is -4.32. The van der Waals surface area contributed by atoms with Gasteiger partial charge in [0.1, 0.15) is 5.75 Å². The zero-order valence-electron chi connectivity index (χ0n) is 12.1. The molecule has 0 bridgehead atoms. The van der Waals surface area contributed by atoms with E-state index >= 15 is 0 Å². The maximum Gasteiger partial charge on any atom is 0.422 e. The molecule has 0 amide bonds. The second kappa shape index (κ2) is 7.02. The Hall–Kier alpha value is -1.43. The van der Waals surface area contributed by atoms with Crippen molar-refractivity contribution in [2.24, 2.45) is 0 Å². The number of ether oxygens (including phenoxy) is 1. The molecular formula is C15H21F3N2O. The molecule has 0 unspecified atom stereocenters. The Morgan fingerprint density at radius 3 is 2.52 bits per heavy atom. The summed E-state index contributed by atoms with van der Waals surface area (Å²) in [5.41, 5.74) is 0.636. The average Bonchev–Trinajstić information content (AvgIpc) is 2.46. The van der Waals surface area contributed by atoms with Crippen LogP contribution in [0.1, 0.15) is 19.8 Å². The summed E-state index contributed by atoms with van der Waals surface area (Å²) >= 11 is 0. The van der Waals surface area contributed by atoms with Crippen LogP contribution in [0.5, 0.6) is 5.75 Å². The van der Waals surface area contributed by atoms with Gasteiger partial charge < -0.3 is 15.0 Å². The number of likely N-dealkylation sites (tertiary alicyclic amines) is 1. The van der Waals surface area contributed by atoms with Gasteiger partial charge in [-0.2, -0.15) is 13.2 Å². The first-order valence-electron chi connectivity index (χ1n) is 7.25. The van der Waals surface area contributed by atoms with Crippen molar-refractivity contribution in [3.8, 4) is 5.75 Å². The lowest BCUT2D eigenvalue weighted by atomic mass is 10.0. The van der Waals surface area contributed by atoms with Crippen LogP contribution < -0.4 is 10.1 Å². The third kappa shape index (κ3) is 5.12. The van der Waals surface area contributed by atoms with Gasteiger partial charge in [-0.1, -0.05) is 19.1 Å². The molecule has 1 N–H and O–H groups in total. The van der Waals surface area contributed by atoms with E-state index in [4.69, 9.17) is 4.74 Å². The second-order valence-corrected chi connectivity index (χ2v) is 5.25. The lowest BCUT2D eigenvalue weighted by Crippen LogP contribution is -2.38. The zero-order chi connectivity index (χ0) is 15.3. The molecule has 0 atom stereocenters. The number of halogens is 3. The lowest BCUT2D eigenvalue weighted by molar-refractivity contribution is -0.153. The lowest BCUT2D eigenvalue weighted by Gasteiger charge is -2.32. The number of benzene rings is 1. The highest BCUT2D eigenvalue weighted by atomic mass is 19.4. The summed E-state index contributed by atoms with van der Waals surface area (Å²) in [7, 11) is 0. The van der Waals surface area contributed by atoms with Crippen molar-refractivity contribution in [1.29, 1.82) is 0 Å². The molecule has 1 heterocycles. The monoisotopic (exact) mass is 302 g/mol. The number of piperidine rings is 1. The highest BCUT2D eigenvalue weighted by Crippen LogP contribution is 2.28. The van der Waals surface area contributed by atoms with Crippen molar-refractivity contribution in [3.05, 3.63) is 24.3 Å². The van der Waals surface area contributed by atoms with Crippen LogP contribution in [0.3, 0.4) is 0 Å². The first kappa shape index (κ1) is 15.9. The zero-order valence-corrected chi connectivity index (χ0v) is 12.1. The van der Waals surface area contributed by atoms with Gasteiger partial charge in [0.25, 0.3) is 0 Å². The van der Waals surface area contributed by atoms with Crippen LogP contribution in [0, 0.1) is 0 Å². The molecule has 0 aliphatic carbocycles. The number of nitrogens with one attached hydrogen (secondary N) is 1. The normalized spacial score (nSPS) is 17.7. The van der Waals surface area contributed by atoms with Crippen molar-refractivity contribution < 1.29 is 17.9 Å². The van der Waals surface area contributed by atoms with E-state index in [1.807, 2.05) is 0 Å². The van der Waals surface area contributed by atoms with E-state index in [9.17, 15) is 13.2 Å². The standard InChI is InChI=1S/C15H21F3N2O/c1-2-20-9-7-12(8-10-20)19-13-5-3-4-6-14(13)21-11-15(16,17)18/h3-6,12,19H,2,7-11H2,1H3. The highest BCUT2D eigenvalue weighted by Gasteiger charge is 2.29. The SMILES string of the molecule is CCN1CCC(Nc2ccccc2OCC(F)(F)F)CC1. The summed E-state index contributed by atoms with van der Waals surface area (Å²) < 4.78 is 41.7. The van der Waals surface area contributed by atoms with Crippen LogP contribution in [0.25, 0.3) is 0 Å². The molecule has 1 saturated heterocycles. The Morgan fingerprint density at radius 2 is 1.90 bits per heavy atom. The Bertz CT molecular complexity index is 443. The fourth-order valence-electron chi connectivity index (χ4n) is 2.48. The molecule has 2 rings (SSSR count). The van der Waals surface area contributed by atoms with Crippen LogP contribution in [0.2, 0.25) is 0 Å². The summed E-state index contributed by atoms with van der Waals surface area (Å²) in [6.07, 6.45) is -2.34. The number of alkyl halides is 3. The Labute approximate surface area is 123 Å². The Kier molecular flexibility index (Phi) is 5.33. The quantitative estimate of drug-likeness (QED) is 0.900. The highest BCUT2D eigenvalue weighted by molar-refractivity contribution is 5.56. The van der Waals surface area contributed by atoms with Gasteiger partial charge in [-0.3, -0.25) is 0 Å². The number of anilines is 1. The molecule has 118 valence electrons. The largest absolute Gasteiger partial charge is 0.482 e. The maximum atomic E-state index is 12.3. The van der Waals surface area contributed by atoms with E-state index in [1.165, 1.54) is 0 Å². The van der Waals surface area contributed by atoms with E-state index in [1.54, 1.807) is 24.3 Å². The molecule has 0 aromatic heterocycles. The predicted molar refractivity (Wildman–Crippen MR) is 76.8 cm³/mol. The van der Waals surface area contributed by atoms with Gasteiger partial charge in [-0.25, -0.2) is 0 Å². The van der Waals surface area contributed by atoms with Gasteiger partial charge in [-0.15, -0.1) is 0 Å². The van der Waals surface area contributed by atoms with Gasteiger partial charge in [0, 0.05) is 19.1 Å². The van der Waals surface area contributed by atoms with Gasteiger partial charge in [0.05, 0.1) is 5.69 Å². The molecular weight excluding hydrogens is 281 g/mol. The number of nitrogens with zero attached hydrogens (tertiary/aromatic N) is 1. The molecule has 0 radical (unpaired) electrons. The molecule has 0 saturated carbocycles. The number of hydrogen-bond acceptors (Lipinski definition) is 3. The molecule has 3 nitrogen and oxygen atoms in total. The summed E-state index contributed by atoms with van der Waals surface area (Å²) in [6.45, 7) is 3.94. The molecule has 1 aliphatic heterocycles. The molecule has 0 spiro atoms. The minimum Gasteiger partial charge on any atom is -0.482 e. The number of rotatable bonds is 5. The van der Waals surface area contributed by atoms with Gasteiger partial charge >= 0.3 is 6.18 Å². The fraction of sp³-hybridized carbons (Fsp3) is 0.600. The molecule has 21 heavy (non-hydrogen) atoms. The maximum absolute atomic E-state index is 12.3. The molecule has 1 aliphatic rings. The summed E-state index contributed by atoms with van der Waals surface area (Å²) in [4.78, 5) is 2.37. The molecule has 1 fully saturated rings. The van der Waals surface area contributed by atoms with E-state index < -0.39 is 12.8 Å². The van der Waals surface area contributed by atoms with E-state index in [0.717, 1.165) is 32.5 Å². The first-order valence-corrected chi connectivity index (χ1v) is 7.25. The van der Waals surface area contributed by atoms with Gasteiger partial charge in [0.2, 0.25) is 0 Å². The van der Waals surface area contributed by atoms with E-state index in [0.29, 0.717) is 5.69 Å². The summed E-state index contributed by atoms with van der Waals surface area (Å²) in [5.74, 6) is 0.257. The van der Waals surface area contributed by atoms with Crippen molar-refractivity contribution >= 4 is 5.69 Å². The smallest absolute Gasteiger partial charge is 0.422 e. The first-order chi connectivity index (χ1) is 9.98. The molecule has 6 heteroatoms. The predicted octanol–water partition coefficient (Wildman–Crippen LogP) is 3.52. The summed E-state index contributed by atoms with van der Waals surface area (Å²) in [5, 5.41) is 3.31. The van der Waals surface area contributed by atoms with Gasteiger partial charge in [-0.05, 0) is 31.5 Å².